The van der Waals surface area contributed by atoms with Crippen LogP contribution in [-0.4, -0.2) is 37.2 Å². The minimum atomic E-state index is -0.799. The Balaban J connectivity index is 4.40. The molecule has 0 aliphatic carbocycles. The molecule has 0 aromatic carbocycles. The van der Waals surface area contributed by atoms with Gasteiger partial charge in [0.25, 0.3) is 0 Å². The predicted octanol–water partition coefficient (Wildman–Crippen LogP) is 20.8. The van der Waals surface area contributed by atoms with Crippen LogP contribution in [0.5, 0.6) is 0 Å². The van der Waals surface area contributed by atoms with Crippen LogP contribution >= 0.6 is 0 Å². The van der Waals surface area contributed by atoms with Crippen LogP contribution in [0.25, 0.3) is 0 Å². The van der Waals surface area contributed by atoms with Crippen molar-refractivity contribution >= 4 is 17.9 Å². The first-order valence-electron chi connectivity index (χ1n) is 30.8. The Morgan fingerprint density at radius 2 is 0.521 bits per heavy atom. The molecule has 0 N–H and O–H groups in total. The number of hydrogen-bond donors (Lipinski definition) is 0. The minimum absolute atomic E-state index is 0.0919. The summed E-state index contributed by atoms with van der Waals surface area (Å²) in [6.07, 6.45) is 75.1. The standard InChI is InChI=1S/C65H116O6/c1-4-7-10-13-16-19-22-25-28-30-31-32-33-35-38-40-43-46-49-52-55-58-64(67)70-61-62(71-65(68)59-56-53-50-47-44-41-36-27-24-21-18-15-12-9-6-3)60-69-63(66)57-54-51-48-45-42-39-37-34-29-26-23-20-17-14-11-8-5-2/h25-29,36-37,39,45,48,62H,4-24,30-35,38,40-44,46-47,49-61H2,1-3H3/b28-25-,29-26-,36-27-,39-37-,48-45-/t62-/m0/s1. The highest BCUT2D eigenvalue weighted by atomic mass is 16.6. The van der Waals surface area contributed by atoms with E-state index in [1.165, 1.54) is 199 Å². The van der Waals surface area contributed by atoms with E-state index in [0.717, 1.165) is 70.6 Å². The van der Waals surface area contributed by atoms with E-state index in [1.54, 1.807) is 0 Å². The summed E-state index contributed by atoms with van der Waals surface area (Å²) in [6, 6.07) is 0. The number of carbonyl (C=O) groups is 3. The van der Waals surface area contributed by atoms with E-state index in [9.17, 15) is 14.4 Å². The first-order chi connectivity index (χ1) is 35.0. The van der Waals surface area contributed by atoms with Crippen molar-refractivity contribution in [2.45, 2.75) is 322 Å². The monoisotopic (exact) mass is 993 g/mol. The minimum Gasteiger partial charge on any atom is -0.462 e. The highest BCUT2D eigenvalue weighted by Crippen LogP contribution is 2.16. The number of hydrogen-bond acceptors (Lipinski definition) is 6. The maximum absolute atomic E-state index is 12.9. The Labute approximate surface area is 440 Å². The predicted molar refractivity (Wildman–Crippen MR) is 307 cm³/mol. The number of allylic oxidation sites excluding steroid dienone is 10. The summed E-state index contributed by atoms with van der Waals surface area (Å²) in [7, 11) is 0. The van der Waals surface area contributed by atoms with E-state index >= 15 is 0 Å². The molecule has 0 spiro atoms. The molecule has 0 radical (unpaired) electrons. The van der Waals surface area contributed by atoms with E-state index in [4.69, 9.17) is 14.2 Å². The molecule has 0 saturated heterocycles. The maximum atomic E-state index is 12.9. The second-order valence-electron chi connectivity index (χ2n) is 20.6. The summed E-state index contributed by atoms with van der Waals surface area (Å²) in [5.74, 6) is -0.942. The van der Waals surface area contributed by atoms with Crippen molar-refractivity contribution in [1.29, 1.82) is 0 Å². The average Bonchev–Trinajstić information content (AvgIpc) is 3.37. The zero-order valence-electron chi connectivity index (χ0n) is 47.2. The van der Waals surface area contributed by atoms with Gasteiger partial charge in [0, 0.05) is 19.3 Å². The van der Waals surface area contributed by atoms with Gasteiger partial charge in [-0.1, -0.05) is 255 Å². The number of ether oxygens (including phenoxy) is 3. The molecule has 0 aromatic rings. The van der Waals surface area contributed by atoms with Gasteiger partial charge in [-0.05, 0) is 103 Å². The molecule has 0 amide bonds. The summed E-state index contributed by atoms with van der Waals surface area (Å²) in [5, 5.41) is 0. The molecule has 6 nitrogen and oxygen atoms in total. The molecule has 0 rings (SSSR count). The Kier molecular flexibility index (Phi) is 57.2. The highest BCUT2D eigenvalue weighted by molar-refractivity contribution is 5.71. The van der Waals surface area contributed by atoms with Crippen LogP contribution < -0.4 is 0 Å². The van der Waals surface area contributed by atoms with Crippen molar-refractivity contribution in [3.8, 4) is 0 Å². The van der Waals surface area contributed by atoms with Gasteiger partial charge < -0.3 is 14.2 Å². The summed E-state index contributed by atoms with van der Waals surface area (Å²) in [5.41, 5.74) is 0. The third-order valence-corrected chi connectivity index (χ3v) is 13.5. The van der Waals surface area contributed by atoms with Crippen molar-refractivity contribution in [2.75, 3.05) is 13.2 Å². The van der Waals surface area contributed by atoms with Crippen LogP contribution in [0.4, 0.5) is 0 Å². The van der Waals surface area contributed by atoms with E-state index < -0.39 is 6.10 Å². The third-order valence-electron chi connectivity index (χ3n) is 13.5. The molecule has 0 bridgehead atoms. The van der Waals surface area contributed by atoms with Crippen molar-refractivity contribution in [3.63, 3.8) is 0 Å². The van der Waals surface area contributed by atoms with Crippen LogP contribution in [-0.2, 0) is 28.6 Å². The van der Waals surface area contributed by atoms with E-state index in [2.05, 4.69) is 81.5 Å². The first-order valence-corrected chi connectivity index (χ1v) is 30.8. The van der Waals surface area contributed by atoms with Crippen LogP contribution in [0.3, 0.4) is 0 Å². The fraction of sp³-hybridized carbons (Fsp3) is 0.800. The Morgan fingerprint density at radius 1 is 0.282 bits per heavy atom. The lowest BCUT2D eigenvalue weighted by molar-refractivity contribution is -0.167. The van der Waals surface area contributed by atoms with Gasteiger partial charge in [-0.15, -0.1) is 0 Å². The van der Waals surface area contributed by atoms with Gasteiger partial charge in [0.2, 0.25) is 0 Å². The third kappa shape index (κ3) is 57.9. The average molecular weight is 994 g/mol. The van der Waals surface area contributed by atoms with E-state index in [1.807, 2.05) is 0 Å². The fourth-order valence-corrected chi connectivity index (χ4v) is 8.80. The lowest BCUT2D eigenvalue weighted by Crippen LogP contribution is -2.30. The van der Waals surface area contributed by atoms with Crippen LogP contribution in [0.2, 0.25) is 0 Å². The van der Waals surface area contributed by atoms with Gasteiger partial charge in [0.15, 0.2) is 6.10 Å². The molecule has 6 heteroatoms. The van der Waals surface area contributed by atoms with Crippen LogP contribution in [0.1, 0.15) is 316 Å². The van der Waals surface area contributed by atoms with Crippen LogP contribution in [0, 0.1) is 0 Å². The fourth-order valence-electron chi connectivity index (χ4n) is 8.80. The SMILES string of the molecule is CCCCCCCC/C=C\C/C=C\C/C=C\CCCC(=O)OC[C@@H](COC(=O)CCCCCCCCCCCCC/C=C\CCCCCCCC)OC(=O)CCCCCCC/C=C\CCCCCCCC. The van der Waals surface area contributed by atoms with E-state index in [0.29, 0.717) is 19.3 Å². The van der Waals surface area contributed by atoms with Crippen molar-refractivity contribution in [3.05, 3.63) is 60.8 Å². The number of unbranched alkanes of at least 4 members (excludes halogenated alkanes) is 35. The number of esters is 3. The lowest BCUT2D eigenvalue weighted by atomic mass is 10.0. The second kappa shape index (κ2) is 59.7. The normalized spacial score (nSPS) is 12.4. The Bertz CT molecular complexity index is 1280. The van der Waals surface area contributed by atoms with Crippen molar-refractivity contribution in [1.82, 2.24) is 0 Å². The van der Waals surface area contributed by atoms with Crippen LogP contribution in [0.15, 0.2) is 60.8 Å². The molecular weight excluding hydrogens is 877 g/mol. The molecule has 0 heterocycles. The molecule has 0 saturated carbocycles. The topological polar surface area (TPSA) is 78.9 Å². The first kappa shape index (κ1) is 68.1. The van der Waals surface area contributed by atoms with Gasteiger partial charge in [-0.25, -0.2) is 0 Å². The largest absolute Gasteiger partial charge is 0.462 e. The van der Waals surface area contributed by atoms with Gasteiger partial charge in [-0.2, -0.15) is 0 Å². The van der Waals surface area contributed by atoms with Gasteiger partial charge in [0.1, 0.15) is 13.2 Å². The van der Waals surface area contributed by atoms with E-state index in [-0.39, 0.29) is 37.5 Å². The molecule has 0 fully saturated rings. The van der Waals surface area contributed by atoms with Gasteiger partial charge in [0.05, 0.1) is 0 Å². The maximum Gasteiger partial charge on any atom is 0.306 e. The molecule has 0 unspecified atom stereocenters. The van der Waals surface area contributed by atoms with Crippen molar-refractivity contribution in [2.24, 2.45) is 0 Å². The molecule has 1 atom stereocenters. The molecule has 0 aliphatic heterocycles. The lowest BCUT2D eigenvalue weighted by Gasteiger charge is -2.18. The summed E-state index contributed by atoms with van der Waals surface area (Å²) >= 11 is 0. The smallest absolute Gasteiger partial charge is 0.306 e. The molecule has 412 valence electrons. The number of carbonyl (C=O) groups excluding carboxylic acids is 3. The Hall–Kier alpha value is -2.89. The van der Waals surface area contributed by atoms with Crippen molar-refractivity contribution < 1.29 is 28.6 Å². The molecule has 0 aliphatic rings. The summed E-state index contributed by atoms with van der Waals surface area (Å²) in [4.78, 5) is 38.2. The molecule has 71 heavy (non-hydrogen) atoms. The second-order valence-corrected chi connectivity index (χ2v) is 20.6. The zero-order valence-corrected chi connectivity index (χ0v) is 47.2. The summed E-state index contributed by atoms with van der Waals surface area (Å²) < 4.78 is 16.9. The highest BCUT2D eigenvalue weighted by Gasteiger charge is 2.19. The van der Waals surface area contributed by atoms with Gasteiger partial charge >= 0.3 is 17.9 Å². The number of rotatable bonds is 56. The summed E-state index contributed by atoms with van der Waals surface area (Å²) in [6.45, 7) is 6.61. The molecular formula is C65H116O6. The Morgan fingerprint density at radius 3 is 0.859 bits per heavy atom. The van der Waals surface area contributed by atoms with Gasteiger partial charge in [-0.3, -0.25) is 14.4 Å². The quantitative estimate of drug-likeness (QED) is 0.0261. The molecule has 0 aromatic heterocycles. The zero-order chi connectivity index (χ0) is 51.4.